The van der Waals surface area contributed by atoms with Gasteiger partial charge >= 0.3 is 0 Å². The Hall–Kier alpha value is -2.08. The molecule has 1 aromatic carbocycles. The summed E-state index contributed by atoms with van der Waals surface area (Å²) >= 11 is 0. The molecule has 6 heteroatoms. The van der Waals surface area contributed by atoms with E-state index in [4.69, 9.17) is 10.5 Å². The molecule has 1 aliphatic rings. The van der Waals surface area contributed by atoms with Gasteiger partial charge in [-0.25, -0.2) is 0 Å². The molecule has 0 aliphatic carbocycles. The molecule has 0 spiro atoms. The van der Waals surface area contributed by atoms with E-state index in [2.05, 4.69) is 24.5 Å². The van der Waals surface area contributed by atoms with E-state index in [9.17, 15) is 9.59 Å². The fourth-order valence-corrected chi connectivity index (χ4v) is 2.68. The molecule has 1 aliphatic heterocycles. The van der Waals surface area contributed by atoms with Crippen LogP contribution in [0.1, 0.15) is 45.6 Å². The fourth-order valence-electron chi connectivity index (χ4n) is 2.68. The molecule has 1 atom stereocenters. The smallest absolute Gasteiger partial charge is 0.224 e. The summed E-state index contributed by atoms with van der Waals surface area (Å²) < 4.78 is 5.74. The van der Waals surface area contributed by atoms with Gasteiger partial charge < -0.3 is 21.1 Å². The molecule has 0 aromatic heterocycles. The maximum atomic E-state index is 12.1. The molecular formula is C19H29N3O3. The standard InChI is InChI=1S/C19H29N3O3/c1-13(2)19(3,12-20)22-18(24)5-4-10-25-15-7-8-16-14(11-15)6-9-17(23)21-16/h7-8,11,13H,4-6,9-10,12,20H2,1-3H3,(H,21,23)(H,22,24). The summed E-state index contributed by atoms with van der Waals surface area (Å²) in [5.41, 5.74) is 7.36. The number of aryl methyl sites for hydroxylation is 1. The first-order chi connectivity index (χ1) is 11.8. The number of carbonyl (C=O) groups is 2. The molecule has 0 saturated heterocycles. The lowest BCUT2D eigenvalue weighted by molar-refractivity contribution is -0.123. The SMILES string of the molecule is CC(C)C(C)(CN)NC(=O)CCCOc1ccc2c(c1)CCC(=O)N2. The largest absolute Gasteiger partial charge is 0.494 e. The van der Waals surface area contributed by atoms with E-state index in [1.165, 1.54) is 0 Å². The van der Waals surface area contributed by atoms with Crippen molar-refractivity contribution in [1.82, 2.24) is 5.32 Å². The molecular weight excluding hydrogens is 318 g/mol. The predicted molar refractivity (Wildman–Crippen MR) is 98.6 cm³/mol. The number of rotatable bonds is 8. The highest BCUT2D eigenvalue weighted by Gasteiger charge is 2.28. The highest BCUT2D eigenvalue weighted by Crippen LogP contribution is 2.26. The van der Waals surface area contributed by atoms with E-state index in [0.717, 1.165) is 23.4 Å². The molecule has 4 N–H and O–H groups in total. The first-order valence-electron chi connectivity index (χ1n) is 8.90. The lowest BCUT2D eigenvalue weighted by Gasteiger charge is -2.33. The molecule has 0 fully saturated rings. The molecule has 2 rings (SSSR count). The van der Waals surface area contributed by atoms with Crippen molar-refractivity contribution < 1.29 is 14.3 Å². The second kappa shape index (κ2) is 8.34. The number of anilines is 1. The number of hydrogen-bond acceptors (Lipinski definition) is 4. The van der Waals surface area contributed by atoms with Gasteiger partial charge in [0.1, 0.15) is 5.75 Å². The van der Waals surface area contributed by atoms with Gasteiger partial charge in [-0.3, -0.25) is 9.59 Å². The van der Waals surface area contributed by atoms with E-state index in [1.807, 2.05) is 25.1 Å². The van der Waals surface area contributed by atoms with E-state index in [1.54, 1.807) is 0 Å². The normalized spacial score (nSPS) is 16.0. The van der Waals surface area contributed by atoms with Crippen molar-refractivity contribution in [2.45, 2.75) is 52.0 Å². The maximum absolute atomic E-state index is 12.1. The van der Waals surface area contributed by atoms with Gasteiger partial charge in [0.05, 0.1) is 12.1 Å². The lowest BCUT2D eigenvalue weighted by atomic mass is 9.88. The van der Waals surface area contributed by atoms with Gasteiger partial charge in [-0.05, 0) is 49.4 Å². The second-order valence-electron chi connectivity index (χ2n) is 7.14. The number of fused-ring (bicyclic) bond motifs is 1. The van der Waals surface area contributed by atoms with Gasteiger partial charge in [-0.15, -0.1) is 0 Å². The van der Waals surface area contributed by atoms with Gasteiger partial charge in [0.15, 0.2) is 0 Å². The fraction of sp³-hybridized carbons (Fsp3) is 0.579. The minimum absolute atomic E-state index is 0.00148. The lowest BCUT2D eigenvalue weighted by Crippen LogP contribution is -2.55. The van der Waals surface area contributed by atoms with Crippen molar-refractivity contribution in [3.8, 4) is 5.75 Å². The van der Waals surface area contributed by atoms with Crippen LogP contribution in [-0.2, 0) is 16.0 Å². The Kier molecular flexibility index (Phi) is 6.42. The van der Waals surface area contributed by atoms with Crippen LogP contribution in [0, 0.1) is 5.92 Å². The summed E-state index contributed by atoms with van der Waals surface area (Å²) in [6, 6.07) is 5.66. The number of benzene rings is 1. The molecule has 0 saturated carbocycles. The average molecular weight is 347 g/mol. The number of carbonyl (C=O) groups excluding carboxylic acids is 2. The summed E-state index contributed by atoms with van der Waals surface area (Å²) in [7, 11) is 0. The van der Waals surface area contributed by atoms with Crippen LogP contribution in [-0.4, -0.2) is 30.5 Å². The van der Waals surface area contributed by atoms with Gasteiger partial charge in [-0.2, -0.15) is 0 Å². The summed E-state index contributed by atoms with van der Waals surface area (Å²) in [6.07, 6.45) is 2.28. The summed E-state index contributed by atoms with van der Waals surface area (Å²) in [5.74, 6) is 1.09. The van der Waals surface area contributed by atoms with Gasteiger partial charge in [0.25, 0.3) is 0 Å². The summed E-state index contributed by atoms with van der Waals surface area (Å²) in [6.45, 7) is 6.96. The van der Waals surface area contributed by atoms with Crippen LogP contribution in [0.15, 0.2) is 18.2 Å². The van der Waals surface area contributed by atoms with E-state index < -0.39 is 0 Å². The Balaban J connectivity index is 1.76. The Bertz CT molecular complexity index is 630. The monoisotopic (exact) mass is 347 g/mol. The summed E-state index contributed by atoms with van der Waals surface area (Å²) in [4.78, 5) is 23.5. The molecule has 0 radical (unpaired) electrons. The molecule has 0 bridgehead atoms. The quantitative estimate of drug-likeness (QED) is 0.629. The van der Waals surface area contributed by atoms with Crippen LogP contribution in [0.25, 0.3) is 0 Å². The van der Waals surface area contributed by atoms with Crippen molar-refractivity contribution >= 4 is 17.5 Å². The molecule has 2 amide bonds. The van der Waals surface area contributed by atoms with E-state index >= 15 is 0 Å². The number of hydrogen-bond donors (Lipinski definition) is 3. The number of nitrogens with two attached hydrogens (primary N) is 1. The molecule has 25 heavy (non-hydrogen) atoms. The average Bonchev–Trinajstić information content (AvgIpc) is 2.58. The third-order valence-electron chi connectivity index (χ3n) is 4.91. The van der Waals surface area contributed by atoms with Crippen molar-refractivity contribution in [3.63, 3.8) is 0 Å². The number of nitrogens with one attached hydrogen (secondary N) is 2. The van der Waals surface area contributed by atoms with E-state index in [-0.39, 0.29) is 23.3 Å². The topological polar surface area (TPSA) is 93.4 Å². The zero-order chi connectivity index (χ0) is 18.4. The van der Waals surface area contributed by atoms with Crippen LogP contribution in [0.2, 0.25) is 0 Å². The van der Waals surface area contributed by atoms with Crippen LogP contribution < -0.4 is 21.1 Å². The van der Waals surface area contributed by atoms with Gasteiger partial charge in [-0.1, -0.05) is 13.8 Å². The first kappa shape index (κ1) is 19.2. The highest BCUT2D eigenvalue weighted by atomic mass is 16.5. The Morgan fingerprint density at radius 1 is 1.40 bits per heavy atom. The molecule has 138 valence electrons. The van der Waals surface area contributed by atoms with Crippen LogP contribution in [0.3, 0.4) is 0 Å². The number of ether oxygens (including phenoxy) is 1. The molecule has 1 aromatic rings. The third kappa shape index (κ3) is 5.19. The zero-order valence-corrected chi connectivity index (χ0v) is 15.4. The molecule has 1 unspecified atom stereocenters. The van der Waals surface area contributed by atoms with Crippen LogP contribution in [0.5, 0.6) is 5.75 Å². The Morgan fingerprint density at radius 2 is 2.16 bits per heavy atom. The Morgan fingerprint density at radius 3 is 2.84 bits per heavy atom. The van der Waals surface area contributed by atoms with Crippen LogP contribution in [0.4, 0.5) is 5.69 Å². The Labute approximate surface area is 149 Å². The molecule has 6 nitrogen and oxygen atoms in total. The minimum atomic E-state index is -0.374. The van der Waals surface area contributed by atoms with Gasteiger partial charge in [0, 0.05) is 25.1 Å². The highest BCUT2D eigenvalue weighted by molar-refractivity contribution is 5.94. The zero-order valence-electron chi connectivity index (χ0n) is 15.4. The van der Waals surface area contributed by atoms with Gasteiger partial charge in [0.2, 0.25) is 11.8 Å². The molecule has 1 heterocycles. The van der Waals surface area contributed by atoms with Crippen LogP contribution >= 0.6 is 0 Å². The van der Waals surface area contributed by atoms with E-state index in [0.29, 0.717) is 32.4 Å². The maximum Gasteiger partial charge on any atom is 0.224 e. The third-order valence-corrected chi connectivity index (χ3v) is 4.91. The van der Waals surface area contributed by atoms with Crippen molar-refractivity contribution in [2.75, 3.05) is 18.5 Å². The van der Waals surface area contributed by atoms with Crippen molar-refractivity contribution in [2.24, 2.45) is 11.7 Å². The summed E-state index contributed by atoms with van der Waals surface area (Å²) in [5, 5.41) is 5.87. The van der Waals surface area contributed by atoms with Crippen molar-refractivity contribution in [1.29, 1.82) is 0 Å². The first-order valence-corrected chi connectivity index (χ1v) is 8.90. The minimum Gasteiger partial charge on any atom is -0.494 e. The second-order valence-corrected chi connectivity index (χ2v) is 7.14. The van der Waals surface area contributed by atoms with Crippen molar-refractivity contribution in [3.05, 3.63) is 23.8 Å². The number of amides is 2. The predicted octanol–water partition coefficient (Wildman–Crippen LogP) is 2.22.